The van der Waals surface area contributed by atoms with E-state index < -0.39 is 0 Å². The highest BCUT2D eigenvalue weighted by Gasteiger charge is 2.35. The Morgan fingerprint density at radius 3 is 2.20 bits per heavy atom. The van der Waals surface area contributed by atoms with Crippen LogP contribution < -0.4 is 5.32 Å². The van der Waals surface area contributed by atoms with Gasteiger partial charge in [-0.3, -0.25) is 0 Å². The third-order valence-electron chi connectivity index (χ3n) is 4.19. The minimum Gasteiger partial charge on any atom is -0.374 e. The highest BCUT2D eigenvalue weighted by molar-refractivity contribution is 5.17. The molecule has 0 fully saturated rings. The summed E-state index contributed by atoms with van der Waals surface area (Å²) in [7, 11) is 0. The fraction of sp³-hybridized carbons (Fsp3) is 0.667. The van der Waals surface area contributed by atoms with Crippen molar-refractivity contribution in [1.29, 1.82) is 0 Å². The molecule has 0 spiro atoms. The van der Waals surface area contributed by atoms with Crippen LogP contribution in [0, 0.1) is 0 Å². The second-order valence-electron chi connectivity index (χ2n) is 5.40. The van der Waals surface area contributed by atoms with Gasteiger partial charge in [-0.2, -0.15) is 0 Å². The minimum atomic E-state index is -0.0558. The van der Waals surface area contributed by atoms with E-state index in [9.17, 15) is 0 Å². The molecule has 0 amide bonds. The molecule has 2 heteroatoms. The van der Waals surface area contributed by atoms with Crippen LogP contribution in [0.25, 0.3) is 0 Å². The maximum absolute atomic E-state index is 6.20. The Morgan fingerprint density at radius 2 is 1.70 bits per heavy atom. The van der Waals surface area contributed by atoms with Gasteiger partial charge in [-0.15, -0.1) is 0 Å². The van der Waals surface area contributed by atoms with E-state index >= 15 is 0 Å². The van der Waals surface area contributed by atoms with E-state index in [0.717, 1.165) is 38.8 Å². The maximum Gasteiger partial charge on any atom is 0.0832 e. The summed E-state index contributed by atoms with van der Waals surface area (Å²) in [5.41, 5.74) is 1.33. The lowest BCUT2D eigenvalue weighted by atomic mass is 9.84. The molecule has 0 aliphatic carbocycles. The van der Waals surface area contributed by atoms with Crippen molar-refractivity contribution in [1.82, 2.24) is 5.32 Å². The summed E-state index contributed by atoms with van der Waals surface area (Å²) >= 11 is 0. The highest BCUT2D eigenvalue weighted by atomic mass is 16.5. The van der Waals surface area contributed by atoms with Gasteiger partial charge in [-0.1, -0.05) is 51.1 Å². The van der Waals surface area contributed by atoms with Gasteiger partial charge in [0, 0.05) is 12.6 Å². The number of hydrogen-bond donors (Lipinski definition) is 1. The van der Waals surface area contributed by atoms with E-state index in [4.69, 9.17) is 4.74 Å². The van der Waals surface area contributed by atoms with E-state index in [-0.39, 0.29) is 5.60 Å². The lowest BCUT2D eigenvalue weighted by Crippen LogP contribution is -2.53. The van der Waals surface area contributed by atoms with Gasteiger partial charge in [0.2, 0.25) is 0 Å². The summed E-state index contributed by atoms with van der Waals surface area (Å²) < 4.78 is 6.20. The number of rotatable bonds is 10. The molecule has 0 aliphatic heterocycles. The second kappa shape index (κ2) is 9.15. The van der Waals surface area contributed by atoms with Gasteiger partial charge in [0.05, 0.1) is 5.60 Å². The molecule has 20 heavy (non-hydrogen) atoms. The van der Waals surface area contributed by atoms with E-state index in [1.807, 2.05) is 0 Å². The SMILES string of the molecule is CCCNC(Cc1ccccc1)C(CC)(CC)OCC. The minimum absolute atomic E-state index is 0.0558. The van der Waals surface area contributed by atoms with Gasteiger partial charge in [0.25, 0.3) is 0 Å². The Labute approximate surface area is 124 Å². The van der Waals surface area contributed by atoms with Crippen molar-refractivity contribution in [2.24, 2.45) is 0 Å². The molecule has 1 rings (SSSR count). The summed E-state index contributed by atoms with van der Waals surface area (Å²) in [4.78, 5) is 0. The van der Waals surface area contributed by atoms with Crippen molar-refractivity contribution in [2.75, 3.05) is 13.2 Å². The van der Waals surface area contributed by atoms with Gasteiger partial charge >= 0.3 is 0 Å². The van der Waals surface area contributed by atoms with Gasteiger partial charge < -0.3 is 10.1 Å². The lowest BCUT2D eigenvalue weighted by molar-refractivity contribution is -0.0718. The summed E-state index contributed by atoms with van der Waals surface area (Å²) in [6, 6.07) is 11.1. The Bertz CT molecular complexity index is 346. The topological polar surface area (TPSA) is 21.3 Å². The molecule has 0 radical (unpaired) electrons. The van der Waals surface area contributed by atoms with Crippen molar-refractivity contribution in [3.63, 3.8) is 0 Å². The molecule has 0 aromatic heterocycles. The van der Waals surface area contributed by atoms with Crippen LogP contribution in [0.4, 0.5) is 0 Å². The number of benzene rings is 1. The van der Waals surface area contributed by atoms with Crippen LogP contribution in [-0.4, -0.2) is 24.8 Å². The van der Waals surface area contributed by atoms with Gasteiger partial charge in [0.15, 0.2) is 0 Å². The molecule has 114 valence electrons. The summed E-state index contributed by atoms with van der Waals surface area (Å²) in [6.07, 6.45) is 4.28. The monoisotopic (exact) mass is 277 g/mol. The van der Waals surface area contributed by atoms with E-state index in [1.54, 1.807) is 0 Å². The van der Waals surface area contributed by atoms with Crippen molar-refractivity contribution in [3.8, 4) is 0 Å². The van der Waals surface area contributed by atoms with Crippen molar-refractivity contribution < 1.29 is 4.74 Å². The number of ether oxygens (including phenoxy) is 1. The normalized spacial score (nSPS) is 13.4. The zero-order valence-electron chi connectivity index (χ0n) is 13.6. The molecule has 2 nitrogen and oxygen atoms in total. The van der Waals surface area contributed by atoms with Gasteiger partial charge in [-0.25, -0.2) is 0 Å². The zero-order valence-corrected chi connectivity index (χ0v) is 13.6. The van der Waals surface area contributed by atoms with Crippen molar-refractivity contribution in [3.05, 3.63) is 35.9 Å². The van der Waals surface area contributed by atoms with E-state index in [0.29, 0.717) is 6.04 Å². The first-order chi connectivity index (χ1) is 9.72. The van der Waals surface area contributed by atoms with Crippen LogP contribution in [0.3, 0.4) is 0 Å². The Morgan fingerprint density at radius 1 is 1.05 bits per heavy atom. The van der Waals surface area contributed by atoms with Crippen LogP contribution >= 0.6 is 0 Å². The van der Waals surface area contributed by atoms with E-state index in [1.165, 1.54) is 5.56 Å². The van der Waals surface area contributed by atoms with Crippen LogP contribution in [0.1, 0.15) is 52.5 Å². The van der Waals surface area contributed by atoms with Crippen LogP contribution in [0.15, 0.2) is 30.3 Å². The third kappa shape index (κ3) is 4.60. The molecule has 0 saturated carbocycles. The van der Waals surface area contributed by atoms with Gasteiger partial charge in [0.1, 0.15) is 0 Å². The first-order valence-corrected chi connectivity index (χ1v) is 8.13. The summed E-state index contributed by atoms with van der Waals surface area (Å²) in [5, 5.41) is 3.72. The second-order valence-corrected chi connectivity index (χ2v) is 5.40. The van der Waals surface area contributed by atoms with E-state index in [2.05, 4.69) is 63.3 Å². The molecular weight excluding hydrogens is 246 g/mol. The third-order valence-corrected chi connectivity index (χ3v) is 4.19. The average Bonchev–Trinajstić information content (AvgIpc) is 2.50. The highest BCUT2D eigenvalue weighted by Crippen LogP contribution is 2.27. The maximum atomic E-state index is 6.20. The Kier molecular flexibility index (Phi) is 7.86. The van der Waals surface area contributed by atoms with Crippen LogP contribution in [0.5, 0.6) is 0 Å². The lowest BCUT2D eigenvalue weighted by Gasteiger charge is -2.40. The van der Waals surface area contributed by atoms with Gasteiger partial charge in [-0.05, 0) is 44.7 Å². The quantitative estimate of drug-likeness (QED) is 0.692. The van der Waals surface area contributed by atoms with Crippen LogP contribution in [0.2, 0.25) is 0 Å². The molecule has 1 atom stereocenters. The first-order valence-electron chi connectivity index (χ1n) is 8.13. The van der Waals surface area contributed by atoms with Crippen LogP contribution in [-0.2, 0) is 11.2 Å². The smallest absolute Gasteiger partial charge is 0.0832 e. The molecular formula is C18H31NO. The van der Waals surface area contributed by atoms with Crippen molar-refractivity contribution >= 4 is 0 Å². The molecule has 0 heterocycles. The fourth-order valence-corrected chi connectivity index (χ4v) is 2.95. The number of hydrogen-bond acceptors (Lipinski definition) is 2. The summed E-state index contributed by atoms with van der Waals surface area (Å²) in [5.74, 6) is 0. The Balaban J connectivity index is 2.90. The predicted octanol–water partition coefficient (Wildman–Crippen LogP) is 4.19. The molecule has 1 aromatic carbocycles. The largest absolute Gasteiger partial charge is 0.374 e. The first kappa shape index (κ1) is 17.2. The molecule has 1 aromatic rings. The predicted molar refractivity (Wildman–Crippen MR) is 87.2 cm³/mol. The number of nitrogens with one attached hydrogen (secondary N) is 1. The zero-order chi connectivity index (χ0) is 14.8. The Hall–Kier alpha value is -0.860. The molecule has 1 unspecified atom stereocenters. The molecule has 0 bridgehead atoms. The molecule has 1 N–H and O–H groups in total. The molecule has 0 saturated heterocycles. The average molecular weight is 277 g/mol. The standard InChI is InChI=1S/C18H31NO/c1-5-14-19-17(15-16-12-10-9-11-13-16)18(6-2,7-3)20-8-4/h9-13,17,19H,5-8,14-15H2,1-4H3. The molecule has 0 aliphatic rings. The fourth-order valence-electron chi connectivity index (χ4n) is 2.95. The van der Waals surface area contributed by atoms with Crippen molar-refractivity contribution in [2.45, 2.75) is 65.0 Å². The summed E-state index contributed by atoms with van der Waals surface area (Å²) in [6.45, 7) is 10.6.